The summed E-state index contributed by atoms with van der Waals surface area (Å²) in [6.45, 7) is 59.7. The summed E-state index contributed by atoms with van der Waals surface area (Å²) < 4.78 is 75.3. The van der Waals surface area contributed by atoms with E-state index in [4.69, 9.17) is 66.3 Å². The molecule has 0 saturated carbocycles. The Balaban J connectivity index is 0.000000691. The standard InChI is InChI=1S/C15H28N2O4.C15H30N2O3.C14H26N2O5.C14H27NO3.C14H29NO2.C13H25NO4/c1-11(2)20-9-7-14(18)17-8-5-6-13(17)15(19)16-10-21-12(3)4;1-12(2)19-10-6-9-17-8-5-7-14(17)15(18)16-11-20-13(3)4;1-10(2)19-8-15-13(17)12-6-5-7-16(12)14(18)21-9-20-11(3)4;1-11(2)17-9-7-14(16)15-8-5-6-13(15)10-18-12(3)4;1-12(2)16-10-6-9-15-8-5-7-14(15)11-17-13(3)4;1-10(2)16-8-12-6-5-7-14(12)13(15)18-9-17-11(3)4/h11-13H,5-10H2,1-4H3,(H,16,19);12-14H,5-11H2,1-4H3,(H,16,18);10-12H,5-9H2,1-4H3,(H,15,17);11-13H,5-10H2,1-4H3;12-14H,5-11H2,1-4H3;10-12H,5-9H2,1-4H3. The third kappa shape index (κ3) is 52.9. The van der Waals surface area contributed by atoms with Gasteiger partial charge in [-0.05, 0) is 269 Å². The molecular formula is C85H165N9O21. The molecule has 6 heterocycles. The number of hydrogen-bond acceptors (Lipinski definition) is 23. The van der Waals surface area contributed by atoms with Crippen LogP contribution in [0.3, 0.4) is 0 Å². The van der Waals surface area contributed by atoms with Crippen molar-refractivity contribution in [3.63, 3.8) is 0 Å². The SMILES string of the molecule is CC(C)OCCC(=O)N1CCCC1C(=O)NCOC(C)C.CC(C)OCCC(=O)N1CCCC1COC(C)C.CC(C)OCCCN1CCCC1C(=O)NCOC(C)C.CC(C)OCCCN1CCCC1COC(C)C.CC(C)OCNC(=O)C1CCCN1C(=O)OCOC(C)C.CC(C)OCOC(=O)N1CCCC1COC(C)C. The van der Waals surface area contributed by atoms with Crippen molar-refractivity contribution in [3.05, 3.63) is 0 Å². The van der Waals surface area contributed by atoms with Crippen molar-refractivity contribution in [2.45, 2.75) is 378 Å². The summed E-state index contributed by atoms with van der Waals surface area (Å²) >= 11 is 0. The first-order valence-electron chi connectivity index (χ1n) is 43.6. The van der Waals surface area contributed by atoms with Crippen molar-refractivity contribution in [3.8, 4) is 0 Å². The van der Waals surface area contributed by atoms with Crippen LogP contribution in [0.2, 0.25) is 0 Å². The number of nitrogens with zero attached hydrogens (tertiary/aromatic N) is 6. The molecule has 676 valence electrons. The van der Waals surface area contributed by atoms with Gasteiger partial charge in [0.2, 0.25) is 29.5 Å². The van der Waals surface area contributed by atoms with Gasteiger partial charge in [0.1, 0.15) is 32.3 Å². The van der Waals surface area contributed by atoms with Crippen LogP contribution in [0.15, 0.2) is 0 Å². The van der Waals surface area contributed by atoms with Crippen LogP contribution < -0.4 is 16.0 Å². The monoisotopic (exact) mass is 1650 g/mol. The zero-order chi connectivity index (χ0) is 86.4. The number of rotatable bonds is 45. The number of ether oxygens (including phenoxy) is 14. The molecule has 115 heavy (non-hydrogen) atoms. The van der Waals surface area contributed by atoms with E-state index in [1.54, 1.807) is 9.80 Å². The Labute approximate surface area is 694 Å². The van der Waals surface area contributed by atoms with Gasteiger partial charge < -0.3 is 97.0 Å². The lowest BCUT2D eigenvalue weighted by atomic mass is 10.2. The predicted molar refractivity (Wildman–Crippen MR) is 447 cm³/mol. The van der Waals surface area contributed by atoms with Crippen molar-refractivity contribution in [2.24, 2.45) is 0 Å². The van der Waals surface area contributed by atoms with Crippen LogP contribution in [-0.2, 0) is 90.3 Å². The summed E-state index contributed by atoms with van der Waals surface area (Å²) in [6.07, 6.45) is 15.9. The van der Waals surface area contributed by atoms with Crippen LogP contribution in [0.5, 0.6) is 0 Å². The predicted octanol–water partition coefficient (Wildman–Crippen LogP) is 11.8. The van der Waals surface area contributed by atoms with Crippen molar-refractivity contribution < 1.29 is 99.9 Å². The van der Waals surface area contributed by atoms with Crippen molar-refractivity contribution in [2.75, 3.05) is 132 Å². The molecule has 7 amide bonds. The number of likely N-dealkylation sites (tertiary alicyclic amines) is 6. The molecule has 0 aromatic carbocycles. The molecule has 6 atom stereocenters. The average molecular weight is 1650 g/mol. The Bertz CT molecular complexity index is 2350. The van der Waals surface area contributed by atoms with E-state index in [0.717, 1.165) is 117 Å². The number of amides is 7. The van der Waals surface area contributed by atoms with Gasteiger partial charge in [-0.2, -0.15) is 0 Å². The summed E-state index contributed by atoms with van der Waals surface area (Å²) in [5, 5.41) is 8.26. The third-order valence-electron chi connectivity index (χ3n) is 18.8. The van der Waals surface area contributed by atoms with Crippen molar-refractivity contribution in [1.82, 2.24) is 45.3 Å². The Morgan fingerprint density at radius 3 is 1.00 bits per heavy atom. The van der Waals surface area contributed by atoms with E-state index in [1.165, 1.54) is 24.3 Å². The normalized spacial score (nSPS) is 19.7. The second-order valence-electron chi connectivity index (χ2n) is 33.2. The summed E-state index contributed by atoms with van der Waals surface area (Å²) in [6, 6.07) is 0.179. The van der Waals surface area contributed by atoms with E-state index in [0.29, 0.717) is 90.2 Å². The Kier molecular flexibility index (Phi) is 60.5. The van der Waals surface area contributed by atoms with Crippen LogP contribution in [-0.4, -0.2) is 313 Å². The Morgan fingerprint density at radius 1 is 0.287 bits per heavy atom. The van der Waals surface area contributed by atoms with Crippen LogP contribution in [0.25, 0.3) is 0 Å². The number of nitrogens with one attached hydrogen (secondary N) is 3. The zero-order valence-corrected chi connectivity index (χ0v) is 76.1. The fraction of sp³-hybridized carbons (Fsp3) is 0.918. The number of carbonyl (C=O) groups excluding carboxylic acids is 7. The van der Waals surface area contributed by atoms with Crippen molar-refractivity contribution >= 4 is 41.7 Å². The summed E-state index contributed by atoms with van der Waals surface area (Å²) in [5.41, 5.74) is 0. The molecule has 6 rings (SSSR count). The van der Waals surface area contributed by atoms with Gasteiger partial charge in [-0.15, -0.1) is 0 Å². The maximum Gasteiger partial charge on any atom is 0.412 e. The largest absolute Gasteiger partial charge is 0.422 e. The van der Waals surface area contributed by atoms with Gasteiger partial charge in [-0.1, -0.05) is 0 Å². The molecule has 6 aliphatic rings. The molecule has 30 nitrogen and oxygen atoms in total. The Hall–Kier alpha value is -4.67. The van der Waals surface area contributed by atoms with Gasteiger partial charge in [-0.3, -0.25) is 38.7 Å². The lowest BCUT2D eigenvalue weighted by Crippen LogP contribution is -2.47. The van der Waals surface area contributed by atoms with Crippen LogP contribution in [0.1, 0.15) is 269 Å². The molecule has 30 heteroatoms. The van der Waals surface area contributed by atoms with Crippen LogP contribution in [0, 0.1) is 0 Å². The van der Waals surface area contributed by atoms with Gasteiger partial charge in [-0.25, -0.2) is 9.59 Å². The van der Waals surface area contributed by atoms with E-state index in [-0.39, 0.29) is 148 Å². The highest BCUT2D eigenvalue weighted by Gasteiger charge is 2.37. The summed E-state index contributed by atoms with van der Waals surface area (Å²) in [7, 11) is 0. The van der Waals surface area contributed by atoms with Crippen LogP contribution in [0.4, 0.5) is 9.59 Å². The highest BCUT2D eigenvalue weighted by atomic mass is 16.7. The average Bonchev–Trinajstić information content (AvgIpc) is 1.71. The highest BCUT2D eigenvalue weighted by Crippen LogP contribution is 2.24. The van der Waals surface area contributed by atoms with Gasteiger partial charge in [0, 0.05) is 58.5 Å². The number of carbonyl (C=O) groups is 7. The Morgan fingerprint density at radius 2 is 0.574 bits per heavy atom. The van der Waals surface area contributed by atoms with Crippen molar-refractivity contribution in [1.29, 1.82) is 0 Å². The molecule has 6 fully saturated rings. The quantitative estimate of drug-likeness (QED) is 0.0377. The molecule has 0 spiro atoms. The van der Waals surface area contributed by atoms with Crippen LogP contribution >= 0.6 is 0 Å². The van der Waals surface area contributed by atoms with Gasteiger partial charge in [0.05, 0.1) is 137 Å². The molecule has 3 N–H and O–H groups in total. The minimum Gasteiger partial charge on any atom is -0.422 e. The molecule has 6 saturated heterocycles. The molecular weight excluding hydrogens is 1480 g/mol. The van der Waals surface area contributed by atoms with E-state index in [1.807, 2.05) is 143 Å². The molecule has 0 bridgehead atoms. The van der Waals surface area contributed by atoms with E-state index >= 15 is 0 Å². The highest BCUT2D eigenvalue weighted by molar-refractivity contribution is 5.88. The first-order chi connectivity index (χ1) is 54.4. The maximum absolute atomic E-state index is 12.2. The van der Waals surface area contributed by atoms with E-state index < -0.39 is 12.1 Å². The second-order valence-corrected chi connectivity index (χ2v) is 33.2. The molecule has 0 aromatic heterocycles. The fourth-order valence-electron chi connectivity index (χ4n) is 12.9. The maximum atomic E-state index is 12.2. The number of hydrogen-bond donors (Lipinski definition) is 3. The topological polar surface area (TPSA) is 304 Å². The van der Waals surface area contributed by atoms with Gasteiger partial charge in [0.15, 0.2) is 13.6 Å². The second kappa shape index (κ2) is 64.2. The molecule has 0 radical (unpaired) electrons. The van der Waals surface area contributed by atoms with Gasteiger partial charge in [0.25, 0.3) is 0 Å². The third-order valence-corrected chi connectivity index (χ3v) is 18.8. The minimum atomic E-state index is -0.516. The lowest BCUT2D eigenvalue weighted by molar-refractivity contribution is -0.140. The van der Waals surface area contributed by atoms with Gasteiger partial charge >= 0.3 is 12.2 Å². The molecule has 6 aliphatic heterocycles. The molecule has 0 aliphatic carbocycles. The van der Waals surface area contributed by atoms with E-state index in [2.05, 4.69) is 53.4 Å². The fourth-order valence-corrected chi connectivity index (χ4v) is 12.9. The summed E-state index contributed by atoms with van der Waals surface area (Å²) in [5.74, 6) is -0.0716. The first-order valence-corrected chi connectivity index (χ1v) is 43.6. The lowest BCUT2D eigenvalue weighted by Gasteiger charge is -2.25. The van der Waals surface area contributed by atoms with E-state index in [9.17, 15) is 33.6 Å². The molecule has 0 aromatic rings. The summed E-state index contributed by atoms with van der Waals surface area (Å²) in [4.78, 5) is 95.9. The minimum absolute atomic E-state index is 0.00446. The first kappa shape index (κ1) is 108. The zero-order valence-electron chi connectivity index (χ0n) is 76.1. The molecule has 6 unspecified atom stereocenters. The smallest absolute Gasteiger partial charge is 0.412 e.